The highest BCUT2D eigenvalue weighted by molar-refractivity contribution is 6.21. The van der Waals surface area contributed by atoms with Gasteiger partial charge in [-0.2, -0.15) is 0 Å². The molecule has 0 bridgehead atoms. The minimum Gasteiger partial charge on any atom is -0.484 e. The first-order valence-corrected chi connectivity index (χ1v) is 14.8. The number of likely N-dealkylation sites (N-methyl/N-ethyl adjacent to an activating group) is 1. The van der Waals surface area contributed by atoms with Gasteiger partial charge in [-0.15, -0.1) is 0 Å². The first kappa shape index (κ1) is 31.0. The molecule has 2 atom stereocenters. The molecule has 1 saturated heterocycles. The fourth-order valence-electron chi connectivity index (χ4n) is 6.00. The van der Waals surface area contributed by atoms with Crippen LogP contribution in [0, 0.1) is 0 Å². The minimum absolute atomic E-state index is 0.0105. The Balaban J connectivity index is 0.00000198. The molecule has 3 aliphatic heterocycles. The van der Waals surface area contributed by atoms with Crippen LogP contribution in [0.5, 0.6) is 5.75 Å². The van der Waals surface area contributed by atoms with Crippen molar-refractivity contribution in [3.05, 3.63) is 53.6 Å². The van der Waals surface area contributed by atoms with E-state index >= 15 is 0 Å². The van der Waals surface area contributed by atoms with Gasteiger partial charge in [0.15, 0.2) is 18.5 Å². The summed E-state index contributed by atoms with van der Waals surface area (Å²) in [4.78, 5) is 56.4. The van der Waals surface area contributed by atoms with Crippen LogP contribution in [0.2, 0.25) is 0 Å². The van der Waals surface area contributed by atoms with E-state index in [2.05, 4.69) is 5.32 Å². The molecule has 42 heavy (non-hydrogen) atoms. The molecule has 3 aliphatic rings. The van der Waals surface area contributed by atoms with Crippen LogP contribution < -0.4 is 19.9 Å². The molecule has 0 aromatic heterocycles. The lowest BCUT2D eigenvalue weighted by molar-refractivity contribution is -0.850. The van der Waals surface area contributed by atoms with Gasteiger partial charge in [-0.05, 0) is 38.0 Å². The summed E-state index contributed by atoms with van der Waals surface area (Å²) in [6.45, 7) is 9.78. The van der Waals surface area contributed by atoms with Crippen LogP contribution in [0.25, 0.3) is 0 Å². The molecule has 226 valence electrons. The molecule has 2 aromatic rings. The van der Waals surface area contributed by atoms with Crippen molar-refractivity contribution < 1.29 is 33.9 Å². The third-order valence-electron chi connectivity index (χ3n) is 8.03. The lowest BCUT2D eigenvalue weighted by Gasteiger charge is -2.31. The predicted molar refractivity (Wildman–Crippen MR) is 158 cm³/mol. The van der Waals surface area contributed by atoms with E-state index in [1.54, 1.807) is 36.1 Å². The zero-order chi connectivity index (χ0) is 30.4. The number of nitrogens with zero attached hydrogens (tertiary/aromatic N) is 3. The van der Waals surface area contributed by atoms with Crippen LogP contribution in [0.3, 0.4) is 0 Å². The second-order valence-electron chi connectivity index (χ2n) is 10.4. The van der Waals surface area contributed by atoms with E-state index in [1.165, 1.54) is 4.90 Å². The van der Waals surface area contributed by atoms with Crippen molar-refractivity contribution in [1.82, 2.24) is 15.1 Å². The molecule has 2 aromatic carbocycles. The highest BCUT2D eigenvalue weighted by Gasteiger charge is 2.45. The first-order chi connectivity index (χ1) is 20.3. The van der Waals surface area contributed by atoms with Gasteiger partial charge in [0, 0.05) is 44.7 Å². The number of piperidine rings is 1. The van der Waals surface area contributed by atoms with Crippen LogP contribution in [0.15, 0.2) is 42.5 Å². The monoisotopic (exact) mass is 580 g/mol. The largest absolute Gasteiger partial charge is 0.484 e. The molecule has 2 unspecified atom stereocenters. The summed E-state index contributed by atoms with van der Waals surface area (Å²) >= 11 is 0. The number of β-amino-alcohol motifs (C(OH)–C–C–N with tert-alkyl or cyclic N) is 1. The van der Waals surface area contributed by atoms with Crippen molar-refractivity contribution in [3.8, 4) is 5.75 Å². The molecule has 0 saturated carbocycles. The third kappa shape index (κ3) is 6.27. The molecular formula is C31H42N5O6+. The Morgan fingerprint density at radius 3 is 2.26 bits per heavy atom. The van der Waals surface area contributed by atoms with E-state index < -0.39 is 0 Å². The minimum atomic E-state index is -0.307. The number of aliphatic hydroxyl groups excluding tert-OH is 1. The molecule has 0 aliphatic carbocycles. The Morgan fingerprint density at radius 2 is 1.69 bits per heavy atom. The fourth-order valence-corrected chi connectivity index (χ4v) is 6.00. The maximum atomic E-state index is 13.1. The topological polar surface area (TPSA) is 124 Å². The summed E-state index contributed by atoms with van der Waals surface area (Å²) in [6.07, 6.45) is 1.14. The fraction of sp³-hybridized carbons (Fsp3) is 0.484. The summed E-state index contributed by atoms with van der Waals surface area (Å²) in [5.41, 5.74) is 2.63. The number of quaternary nitrogens is 1. The number of aliphatic hydroxyl groups is 1. The molecule has 3 N–H and O–H groups in total. The molecule has 5 rings (SSSR count). The number of imide groups is 1. The number of carbonyl (C=O) groups is 4. The lowest BCUT2D eigenvalue weighted by Crippen LogP contribution is -3.12. The Bertz CT molecular complexity index is 1270. The van der Waals surface area contributed by atoms with E-state index in [0.29, 0.717) is 55.9 Å². The maximum absolute atomic E-state index is 13.1. The SMILES string of the molecule is CC.CC[NH+]1c2ccc(OCC(=O)NC3CCN(C(C)=O)CC3)cc2N(CCO)C1CN1C(=O)c2ccccc2C1=O. The van der Waals surface area contributed by atoms with Gasteiger partial charge in [-0.1, -0.05) is 26.0 Å². The summed E-state index contributed by atoms with van der Waals surface area (Å²) in [5, 5.41) is 12.9. The van der Waals surface area contributed by atoms with Crippen LogP contribution in [-0.4, -0.2) is 96.7 Å². The number of amides is 4. The van der Waals surface area contributed by atoms with E-state index in [-0.39, 0.29) is 55.6 Å². The maximum Gasteiger partial charge on any atom is 0.261 e. The second kappa shape index (κ2) is 13.8. The van der Waals surface area contributed by atoms with Gasteiger partial charge in [-0.25, -0.2) is 0 Å². The van der Waals surface area contributed by atoms with Gasteiger partial charge in [-0.3, -0.25) is 29.0 Å². The number of anilines is 1. The predicted octanol–water partition coefficient (Wildman–Crippen LogP) is 1.19. The average molecular weight is 581 g/mol. The van der Waals surface area contributed by atoms with Crippen molar-refractivity contribution in [1.29, 1.82) is 0 Å². The number of rotatable bonds is 9. The number of fused-ring (bicyclic) bond motifs is 2. The zero-order valence-corrected chi connectivity index (χ0v) is 24.9. The van der Waals surface area contributed by atoms with Crippen LogP contribution in [0.1, 0.15) is 61.3 Å². The Morgan fingerprint density at radius 1 is 1.05 bits per heavy atom. The van der Waals surface area contributed by atoms with Gasteiger partial charge >= 0.3 is 0 Å². The van der Waals surface area contributed by atoms with E-state index in [9.17, 15) is 24.3 Å². The van der Waals surface area contributed by atoms with Crippen LogP contribution in [0.4, 0.5) is 11.4 Å². The average Bonchev–Trinajstić information content (AvgIpc) is 3.43. The van der Waals surface area contributed by atoms with Crippen molar-refractivity contribution in [2.75, 3.05) is 50.8 Å². The Kier molecular flexibility index (Phi) is 10.2. The molecule has 11 nitrogen and oxygen atoms in total. The van der Waals surface area contributed by atoms with Gasteiger partial charge in [0.05, 0.1) is 24.3 Å². The molecule has 0 spiro atoms. The number of likely N-dealkylation sites (tertiary alicyclic amines) is 1. The number of hydrogen-bond acceptors (Lipinski definition) is 7. The van der Waals surface area contributed by atoms with Crippen molar-refractivity contribution in [3.63, 3.8) is 0 Å². The van der Waals surface area contributed by atoms with E-state index in [1.807, 2.05) is 43.9 Å². The standard InChI is InChI=1S/C29H35N5O6.C2H6/c1-3-32-24-9-8-21(40-18-26(37)30-20-10-12-31(13-11-20)19(2)36)16-25(24)33(14-15-35)27(32)17-34-28(38)22-6-4-5-7-23(22)29(34)39;1-2/h4-9,16,20,27,35H,3,10-15,17-18H2,1-2H3,(H,30,37);1-2H3/p+1. The number of carbonyl (C=O) groups excluding carboxylic acids is 4. The third-order valence-corrected chi connectivity index (χ3v) is 8.03. The van der Waals surface area contributed by atoms with Gasteiger partial charge in [0.2, 0.25) is 5.91 Å². The highest BCUT2D eigenvalue weighted by Crippen LogP contribution is 2.34. The number of ether oxygens (including phenoxy) is 1. The number of hydrogen-bond donors (Lipinski definition) is 3. The molecule has 0 radical (unpaired) electrons. The van der Waals surface area contributed by atoms with Gasteiger partial charge in [0.25, 0.3) is 17.7 Å². The zero-order valence-electron chi connectivity index (χ0n) is 24.9. The first-order valence-electron chi connectivity index (χ1n) is 14.8. The highest BCUT2D eigenvalue weighted by atomic mass is 16.5. The van der Waals surface area contributed by atoms with Crippen molar-refractivity contribution in [2.45, 2.75) is 52.7 Å². The molecule has 11 heteroatoms. The normalized spacial score (nSPS) is 19.7. The number of nitrogens with one attached hydrogen (secondary N) is 2. The summed E-state index contributed by atoms with van der Waals surface area (Å²) in [7, 11) is 0. The summed E-state index contributed by atoms with van der Waals surface area (Å²) in [5.74, 6) is -0.274. The summed E-state index contributed by atoms with van der Waals surface area (Å²) in [6, 6.07) is 12.4. The lowest BCUT2D eigenvalue weighted by atomic mass is 10.1. The molecule has 4 amide bonds. The smallest absolute Gasteiger partial charge is 0.261 e. The Hall–Kier alpha value is -3.96. The van der Waals surface area contributed by atoms with Crippen molar-refractivity contribution in [2.24, 2.45) is 0 Å². The quantitative estimate of drug-likeness (QED) is 0.381. The van der Waals surface area contributed by atoms with Gasteiger partial charge < -0.3 is 25.0 Å². The van der Waals surface area contributed by atoms with Gasteiger partial charge in [0.1, 0.15) is 18.0 Å². The second-order valence-corrected chi connectivity index (χ2v) is 10.4. The van der Waals surface area contributed by atoms with Crippen molar-refractivity contribution >= 4 is 35.0 Å². The van der Waals surface area contributed by atoms with Crippen LogP contribution in [-0.2, 0) is 9.59 Å². The summed E-state index contributed by atoms with van der Waals surface area (Å²) < 4.78 is 5.84. The molecular weight excluding hydrogens is 538 g/mol. The van der Waals surface area contributed by atoms with E-state index in [0.717, 1.165) is 16.3 Å². The Labute approximate surface area is 247 Å². The molecule has 3 heterocycles. The van der Waals surface area contributed by atoms with Crippen LogP contribution >= 0.6 is 0 Å². The number of benzene rings is 2. The van der Waals surface area contributed by atoms with E-state index in [4.69, 9.17) is 4.74 Å². The molecule has 1 fully saturated rings.